The van der Waals surface area contributed by atoms with Gasteiger partial charge < -0.3 is 4.74 Å². The van der Waals surface area contributed by atoms with Crippen LogP contribution in [0, 0.1) is 16.7 Å². The molecule has 154 valence electrons. The Balaban J connectivity index is 1.90. The molecule has 1 aromatic carbocycles. The third-order valence-electron chi connectivity index (χ3n) is 6.20. The summed E-state index contributed by atoms with van der Waals surface area (Å²) in [7, 11) is 0. The maximum Gasteiger partial charge on any atom is 0.309 e. The summed E-state index contributed by atoms with van der Waals surface area (Å²) >= 11 is 0. The van der Waals surface area contributed by atoms with Crippen LogP contribution in [0.5, 0.6) is 0 Å². The SMILES string of the molecule is CC(=CCCC(C)(C)C1=CCCC(C(=O)OCc2ccccc2)C1)C(C)(C)C. The highest BCUT2D eigenvalue weighted by atomic mass is 16.5. The smallest absolute Gasteiger partial charge is 0.309 e. The molecule has 2 heteroatoms. The predicted molar refractivity (Wildman–Crippen MR) is 118 cm³/mol. The lowest BCUT2D eigenvalue weighted by molar-refractivity contribution is -0.150. The zero-order chi connectivity index (χ0) is 20.8. The van der Waals surface area contributed by atoms with E-state index in [9.17, 15) is 4.79 Å². The molecule has 0 bridgehead atoms. The van der Waals surface area contributed by atoms with Crippen molar-refractivity contribution < 1.29 is 9.53 Å². The Kier molecular flexibility index (Phi) is 7.69. The van der Waals surface area contributed by atoms with E-state index in [1.807, 2.05) is 30.3 Å². The van der Waals surface area contributed by atoms with Crippen molar-refractivity contribution in [2.75, 3.05) is 0 Å². The van der Waals surface area contributed by atoms with Crippen molar-refractivity contribution in [3.8, 4) is 0 Å². The highest BCUT2D eigenvalue weighted by molar-refractivity contribution is 5.73. The van der Waals surface area contributed by atoms with Gasteiger partial charge in [-0.2, -0.15) is 0 Å². The van der Waals surface area contributed by atoms with E-state index in [1.54, 1.807) is 0 Å². The molecule has 2 rings (SSSR count). The van der Waals surface area contributed by atoms with Crippen LogP contribution in [0.1, 0.15) is 79.2 Å². The molecule has 0 spiro atoms. The maximum atomic E-state index is 12.6. The fraction of sp³-hybridized carbons (Fsp3) is 0.577. The Morgan fingerprint density at radius 2 is 1.82 bits per heavy atom. The molecule has 1 unspecified atom stereocenters. The minimum atomic E-state index is -0.0475. The molecular formula is C26H38O2. The van der Waals surface area contributed by atoms with Gasteiger partial charge in [-0.25, -0.2) is 0 Å². The molecule has 1 atom stereocenters. The Morgan fingerprint density at radius 3 is 2.46 bits per heavy atom. The second-order valence-electron chi connectivity index (χ2n) is 9.86. The molecule has 0 saturated heterocycles. The second kappa shape index (κ2) is 9.58. The predicted octanol–water partition coefficient (Wildman–Crippen LogP) is 7.26. The molecule has 1 aliphatic carbocycles. The summed E-state index contributed by atoms with van der Waals surface area (Å²) in [6, 6.07) is 9.92. The van der Waals surface area contributed by atoms with Crippen molar-refractivity contribution >= 4 is 5.97 Å². The highest BCUT2D eigenvalue weighted by Crippen LogP contribution is 2.40. The van der Waals surface area contributed by atoms with Gasteiger partial charge >= 0.3 is 5.97 Å². The van der Waals surface area contributed by atoms with E-state index in [1.165, 1.54) is 11.1 Å². The third kappa shape index (κ3) is 6.65. The van der Waals surface area contributed by atoms with E-state index in [0.29, 0.717) is 6.61 Å². The summed E-state index contributed by atoms with van der Waals surface area (Å²) in [5.74, 6) is -0.0523. The van der Waals surface area contributed by atoms with E-state index >= 15 is 0 Å². The summed E-state index contributed by atoms with van der Waals surface area (Å²) in [6.07, 6.45) is 9.65. The van der Waals surface area contributed by atoms with Crippen LogP contribution in [-0.4, -0.2) is 5.97 Å². The van der Waals surface area contributed by atoms with Crippen molar-refractivity contribution in [2.45, 2.75) is 80.3 Å². The van der Waals surface area contributed by atoms with Gasteiger partial charge in [-0.1, -0.05) is 88.2 Å². The van der Waals surface area contributed by atoms with Crippen LogP contribution in [0.2, 0.25) is 0 Å². The molecule has 1 aromatic rings. The average molecular weight is 383 g/mol. The monoisotopic (exact) mass is 382 g/mol. The van der Waals surface area contributed by atoms with E-state index in [-0.39, 0.29) is 22.7 Å². The minimum absolute atomic E-state index is 0.00478. The van der Waals surface area contributed by atoms with Gasteiger partial charge in [0.2, 0.25) is 0 Å². The number of allylic oxidation sites excluding steroid dienone is 4. The number of hydrogen-bond donors (Lipinski definition) is 0. The Bertz CT molecular complexity index is 702. The van der Waals surface area contributed by atoms with Crippen LogP contribution < -0.4 is 0 Å². The van der Waals surface area contributed by atoms with Gasteiger partial charge in [-0.15, -0.1) is 0 Å². The van der Waals surface area contributed by atoms with Crippen LogP contribution in [0.25, 0.3) is 0 Å². The fourth-order valence-corrected chi connectivity index (χ4v) is 3.63. The van der Waals surface area contributed by atoms with Crippen molar-refractivity contribution in [3.05, 3.63) is 59.2 Å². The molecule has 2 nitrogen and oxygen atoms in total. The summed E-state index contributed by atoms with van der Waals surface area (Å²) in [4.78, 5) is 12.6. The lowest BCUT2D eigenvalue weighted by Gasteiger charge is -2.33. The first-order valence-electron chi connectivity index (χ1n) is 10.7. The number of rotatable bonds is 7. The molecule has 0 aliphatic heterocycles. The molecule has 0 fully saturated rings. The van der Waals surface area contributed by atoms with Crippen LogP contribution in [0.15, 0.2) is 53.6 Å². The van der Waals surface area contributed by atoms with Crippen LogP contribution in [0.4, 0.5) is 0 Å². The first-order valence-corrected chi connectivity index (χ1v) is 10.7. The first kappa shape index (κ1) is 22.5. The number of carbonyl (C=O) groups is 1. The Hall–Kier alpha value is -1.83. The summed E-state index contributed by atoms with van der Waals surface area (Å²) in [6.45, 7) is 14.0. The topological polar surface area (TPSA) is 26.3 Å². The number of ether oxygens (including phenoxy) is 1. The van der Waals surface area contributed by atoms with E-state index < -0.39 is 0 Å². The van der Waals surface area contributed by atoms with Gasteiger partial charge in [0, 0.05) is 0 Å². The molecule has 0 radical (unpaired) electrons. The molecule has 28 heavy (non-hydrogen) atoms. The standard InChI is InChI=1S/C26H38O2/c1-20(25(2,3)4)12-11-17-26(5,6)23-16-10-15-22(18-23)24(27)28-19-21-13-8-7-9-14-21/h7-9,12-14,16,22H,10-11,15,17-19H2,1-6H3. The van der Waals surface area contributed by atoms with Crippen molar-refractivity contribution in [1.29, 1.82) is 0 Å². The number of esters is 1. The molecule has 0 aromatic heterocycles. The van der Waals surface area contributed by atoms with E-state index in [2.05, 4.69) is 53.7 Å². The highest BCUT2D eigenvalue weighted by Gasteiger charge is 2.31. The zero-order valence-electron chi connectivity index (χ0n) is 18.7. The third-order valence-corrected chi connectivity index (χ3v) is 6.20. The number of benzene rings is 1. The van der Waals surface area contributed by atoms with Crippen LogP contribution >= 0.6 is 0 Å². The minimum Gasteiger partial charge on any atom is -0.461 e. The van der Waals surface area contributed by atoms with Gasteiger partial charge in [0.15, 0.2) is 0 Å². The van der Waals surface area contributed by atoms with Crippen LogP contribution in [-0.2, 0) is 16.1 Å². The molecular weight excluding hydrogens is 344 g/mol. The largest absolute Gasteiger partial charge is 0.461 e. The van der Waals surface area contributed by atoms with Gasteiger partial charge in [-0.3, -0.25) is 4.79 Å². The Labute approximate surface area is 172 Å². The summed E-state index contributed by atoms with van der Waals surface area (Å²) in [5.41, 5.74) is 4.27. The van der Waals surface area contributed by atoms with Gasteiger partial charge in [0.25, 0.3) is 0 Å². The first-order chi connectivity index (χ1) is 13.1. The molecule has 0 heterocycles. The zero-order valence-corrected chi connectivity index (χ0v) is 18.7. The maximum absolute atomic E-state index is 12.6. The van der Waals surface area contributed by atoms with Gasteiger partial charge in [0.05, 0.1) is 5.92 Å². The normalized spacial score (nSPS) is 18.6. The molecule has 1 aliphatic rings. The second-order valence-corrected chi connectivity index (χ2v) is 9.86. The molecule has 0 saturated carbocycles. The quantitative estimate of drug-likeness (QED) is 0.366. The Morgan fingerprint density at radius 1 is 1.14 bits per heavy atom. The summed E-state index contributed by atoms with van der Waals surface area (Å²) in [5, 5.41) is 0. The van der Waals surface area contributed by atoms with Gasteiger partial charge in [-0.05, 0) is 55.4 Å². The van der Waals surface area contributed by atoms with Crippen molar-refractivity contribution in [3.63, 3.8) is 0 Å². The molecule has 0 N–H and O–H groups in total. The van der Waals surface area contributed by atoms with Crippen molar-refractivity contribution in [1.82, 2.24) is 0 Å². The van der Waals surface area contributed by atoms with E-state index in [0.717, 1.165) is 37.7 Å². The average Bonchev–Trinajstić information content (AvgIpc) is 2.66. The lowest BCUT2D eigenvalue weighted by atomic mass is 9.72. The van der Waals surface area contributed by atoms with Gasteiger partial charge in [0.1, 0.15) is 6.61 Å². The summed E-state index contributed by atoms with van der Waals surface area (Å²) < 4.78 is 5.60. The number of carbonyl (C=O) groups excluding carboxylic acids is 1. The van der Waals surface area contributed by atoms with Crippen molar-refractivity contribution in [2.24, 2.45) is 16.7 Å². The van der Waals surface area contributed by atoms with E-state index in [4.69, 9.17) is 4.74 Å². The lowest BCUT2D eigenvalue weighted by Crippen LogP contribution is -2.25. The van der Waals surface area contributed by atoms with Crippen LogP contribution in [0.3, 0.4) is 0 Å². The fourth-order valence-electron chi connectivity index (χ4n) is 3.63. The number of hydrogen-bond acceptors (Lipinski definition) is 2. The molecule has 0 amide bonds.